The Hall–Kier alpha value is -2.34. The van der Waals surface area contributed by atoms with Crippen LogP contribution in [-0.2, 0) is 16.1 Å². The highest BCUT2D eigenvalue weighted by atomic mass is 19.1. The largest absolute Gasteiger partial charge is 0.467 e. The van der Waals surface area contributed by atoms with E-state index in [4.69, 9.17) is 14.9 Å². The van der Waals surface area contributed by atoms with Crippen molar-refractivity contribution in [2.24, 2.45) is 0 Å². The summed E-state index contributed by atoms with van der Waals surface area (Å²) in [4.78, 5) is 11.9. The van der Waals surface area contributed by atoms with Crippen LogP contribution in [0.5, 0.6) is 0 Å². The van der Waals surface area contributed by atoms with Gasteiger partial charge in [-0.25, -0.2) is 4.39 Å². The number of carbonyl (C=O) groups is 1. The van der Waals surface area contributed by atoms with Crippen molar-refractivity contribution in [1.82, 2.24) is 0 Å². The quantitative estimate of drug-likeness (QED) is 0.824. The first kappa shape index (κ1) is 14.1. The minimum atomic E-state index is -0.690. The summed E-state index contributed by atoms with van der Waals surface area (Å²) < 4.78 is 23.4. The number of nitrogen functional groups attached to an aromatic ring is 1. The van der Waals surface area contributed by atoms with Crippen LogP contribution in [0.4, 0.5) is 15.8 Å². The third-order valence-corrected chi connectivity index (χ3v) is 2.70. The fraction of sp³-hybridized carbons (Fsp3) is 0.214. The Morgan fingerprint density at radius 2 is 2.30 bits per heavy atom. The summed E-state index contributed by atoms with van der Waals surface area (Å²) in [6.45, 7) is 1.80. The van der Waals surface area contributed by atoms with Crippen LogP contribution >= 0.6 is 0 Å². The summed E-state index contributed by atoms with van der Waals surface area (Å²) in [7, 11) is 0. The van der Waals surface area contributed by atoms with Crippen molar-refractivity contribution >= 4 is 17.3 Å². The lowest BCUT2D eigenvalue weighted by Gasteiger charge is -2.13. The van der Waals surface area contributed by atoms with E-state index in [2.05, 4.69) is 5.32 Å². The molecule has 0 aliphatic carbocycles. The number of ether oxygens (including phenoxy) is 1. The first-order chi connectivity index (χ1) is 9.56. The molecule has 1 aromatic carbocycles. The highest BCUT2D eigenvalue weighted by Gasteiger charge is 2.15. The van der Waals surface area contributed by atoms with E-state index in [0.717, 1.165) is 6.07 Å². The summed E-state index contributed by atoms with van der Waals surface area (Å²) >= 11 is 0. The first-order valence-corrected chi connectivity index (χ1v) is 6.06. The maximum atomic E-state index is 12.9. The summed E-state index contributed by atoms with van der Waals surface area (Å²) in [5, 5.41) is 2.58. The minimum Gasteiger partial charge on any atom is -0.467 e. The molecule has 1 heterocycles. The molecule has 2 rings (SSSR count). The second-order valence-electron chi connectivity index (χ2n) is 4.25. The van der Waals surface area contributed by atoms with Crippen molar-refractivity contribution in [3.05, 3.63) is 48.2 Å². The van der Waals surface area contributed by atoms with Gasteiger partial charge >= 0.3 is 0 Å². The third kappa shape index (κ3) is 3.58. The second kappa shape index (κ2) is 6.21. The van der Waals surface area contributed by atoms with E-state index in [-0.39, 0.29) is 18.2 Å². The molecule has 1 atom stereocenters. The van der Waals surface area contributed by atoms with Gasteiger partial charge in [-0.1, -0.05) is 0 Å². The van der Waals surface area contributed by atoms with E-state index >= 15 is 0 Å². The number of rotatable bonds is 5. The van der Waals surface area contributed by atoms with Crippen molar-refractivity contribution in [2.45, 2.75) is 19.6 Å². The van der Waals surface area contributed by atoms with Crippen LogP contribution in [0, 0.1) is 5.82 Å². The zero-order valence-corrected chi connectivity index (χ0v) is 10.9. The molecule has 0 bridgehead atoms. The number of hydrogen-bond acceptors (Lipinski definition) is 4. The number of amides is 1. The van der Waals surface area contributed by atoms with E-state index in [0.29, 0.717) is 11.4 Å². The predicted molar refractivity (Wildman–Crippen MR) is 72.4 cm³/mol. The molecule has 0 radical (unpaired) electrons. The molecule has 0 fully saturated rings. The molecule has 5 nitrogen and oxygen atoms in total. The third-order valence-electron chi connectivity index (χ3n) is 2.70. The maximum absolute atomic E-state index is 12.9. The zero-order chi connectivity index (χ0) is 14.5. The molecule has 1 aromatic heterocycles. The van der Waals surface area contributed by atoms with Crippen LogP contribution in [0.15, 0.2) is 41.0 Å². The van der Waals surface area contributed by atoms with Crippen molar-refractivity contribution in [2.75, 3.05) is 11.1 Å². The van der Waals surface area contributed by atoms with Crippen molar-refractivity contribution < 1.29 is 18.3 Å². The number of hydrogen-bond donors (Lipinski definition) is 2. The molecule has 0 aliphatic heterocycles. The van der Waals surface area contributed by atoms with Gasteiger partial charge in [-0.2, -0.15) is 0 Å². The van der Waals surface area contributed by atoms with Crippen LogP contribution in [0.1, 0.15) is 12.7 Å². The normalized spacial score (nSPS) is 12.1. The molecule has 20 heavy (non-hydrogen) atoms. The number of halogens is 1. The number of nitrogens with two attached hydrogens (primary N) is 1. The van der Waals surface area contributed by atoms with Crippen LogP contribution in [0.3, 0.4) is 0 Å². The fourth-order valence-corrected chi connectivity index (χ4v) is 1.56. The van der Waals surface area contributed by atoms with Crippen LogP contribution in [-0.4, -0.2) is 12.0 Å². The summed E-state index contributed by atoms with van der Waals surface area (Å²) in [6, 6.07) is 7.26. The standard InChI is InChI=1S/C14H15FN2O3/c1-9(20-8-11-3-2-6-19-11)14(18)17-13-5-4-10(15)7-12(13)16/h2-7,9H,8,16H2,1H3,(H,17,18). The number of furan rings is 1. The van der Waals surface area contributed by atoms with Crippen molar-refractivity contribution in [1.29, 1.82) is 0 Å². The molecule has 3 N–H and O–H groups in total. The topological polar surface area (TPSA) is 77.5 Å². The van der Waals surface area contributed by atoms with Gasteiger partial charge in [-0.3, -0.25) is 4.79 Å². The highest BCUT2D eigenvalue weighted by Crippen LogP contribution is 2.19. The van der Waals surface area contributed by atoms with Crippen LogP contribution in [0.2, 0.25) is 0 Å². The Morgan fingerprint density at radius 1 is 1.50 bits per heavy atom. The molecule has 106 valence electrons. The molecule has 1 amide bonds. The van der Waals surface area contributed by atoms with E-state index in [9.17, 15) is 9.18 Å². The Balaban J connectivity index is 1.90. The summed E-state index contributed by atoms with van der Waals surface area (Å²) in [5.41, 5.74) is 6.13. The average molecular weight is 278 g/mol. The molecule has 0 spiro atoms. The van der Waals surface area contributed by atoms with Crippen LogP contribution < -0.4 is 11.1 Å². The average Bonchev–Trinajstić information content (AvgIpc) is 2.92. The highest BCUT2D eigenvalue weighted by molar-refractivity contribution is 5.96. The Kier molecular flexibility index (Phi) is 4.37. The van der Waals surface area contributed by atoms with Gasteiger partial charge in [0.05, 0.1) is 17.6 Å². The lowest BCUT2D eigenvalue weighted by molar-refractivity contribution is -0.127. The summed E-state index contributed by atoms with van der Waals surface area (Å²) in [5.74, 6) is -0.191. The lowest BCUT2D eigenvalue weighted by Crippen LogP contribution is -2.27. The number of benzene rings is 1. The van der Waals surface area contributed by atoms with Crippen molar-refractivity contribution in [3.63, 3.8) is 0 Å². The van der Waals surface area contributed by atoms with Gasteiger partial charge in [0.15, 0.2) is 0 Å². The van der Waals surface area contributed by atoms with Gasteiger partial charge in [0.2, 0.25) is 0 Å². The van der Waals surface area contributed by atoms with Gasteiger partial charge in [-0.15, -0.1) is 0 Å². The molecular weight excluding hydrogens is 263 g/mol. The SMILES string of the molecule is CC(OCc1ccco1)C(=O)Nc1ccc(F)cc1N. The van der Waals surface area contributed by atoms with Gasteiger partial charge < -0.3 is 20.2 Å². The number of anilines is 2. The van der Waals surface area contributed by atoms with E-state index in [1.807, 2.05) is 0 Å². The zero-order valence-electron chi connectivity index (χ0n) is 10.9. The number of carbonyl (C=O) groups excluding carboxylic acids is 1. The van der Waals surface area contributed by atoms with Gasteiger partial charge in [-0.05, 0) is 37.3 Å². The van der Waals surface area contributed by atoms with E-state index < -0.39 is 11.9 Å². The Morgan fingerprint density at radius 3 is 2.95 bits per heavy atom. The number of nitrogens with one attached hydrogen (secondary N) is 1. The summed E-state index contributed by atoms with van der Waals surface area (Å²) in [6.07, 6.45) is 0.840. The Bertz CT molecular complexity index is 584. The second-order valence-corrected chi connectivity index (χ2v) is 4.25. The van der Waals surface area contributed by atoms with Crippen molar-refractivity contribution in [3.8, 4) is 0 Å². The Labute approximate surface area is 115 Å². The lowest BCUT2D eigenvalue weighted by atomic mass is 10.2. The molecule has 1 unspecified atom stereocenters. The molecular formula is C14H15FN2O3. The molecule has 0 aliphatic rings. The smallest absolute Gasteiger partial charge is 0.253 e. The molecule has 6 heteroatoms. The van der Waals surface area contributed by atoms with Gasteiger partial charge in [0, 0.05) is 0 Å². The van der Waals surface area contributed by atoms with E-state index in [1.54, 1.807) is 19.1 Å². The van der Waals surface area contributed by atoms with E-state index in [1.165, 1.54) is 18.4 Å². The molecule has 0 saturated heterocycles. The first-order valence-electron chi connectivity index (χ1n) is 6.06. The van der Waals surface area contributed by atoms with Gasteiger partial charge in [0.25, 0.3) is 5.91 Å². The minimum absolute atomic E-state index is 0.164. The predicted octanol–water partition coefficient (Wildman–Crippen LogP) is 2.54. The monoisotopic (exact) mass is 278 g/mol. The van der Waals surface area contributed by atoms with Crippen LogP contribution in [0.25, 0.3) is 0 Å². The fourth-order valence-electron chi connectivity index (χ4n) is 1.56. The maximum Gasteiger partial charge on any atom is 0.253 e. The molecule has 0 saturated carbocycles. The van der Waals surface area contributed by atoms with Gasteiger partial charge in [0.1, 0.15) is 24.3 Å². The molecule has 2 aromatic rings.